The maximum absolute atomic E-state index is 11.6. The van der Waals surface area contributed by atoms with Gasteiger partial charge in [0.15, 0.2) is 0 Å². The first-order chi connectivity index (χ1) is 6.75. The Bertz CT molecular complexity index is 356. The van der Waals surface area contributed by atoms with Gasteiger partial charge in [0.05, 0.1) is 0 Å². The van der Waals surface area contributed by atoms with Crippen LogP contribution in [0.25, 0.3) is 0 Å². The van der Waals surface area contributed by atoms with Crippen molar-refractivity contribution in [1.82, 2.24) is 10.3 Å². The van der Waals surface area contributed by atoms with Gasteiger partial charge in [-0.25, -0.2) is 4.98 Å². The molecular weight excluding hydrogens is 414 g/mol. The fourth-order valence-electron chi connectivity index (χ4n) is 1.32. The average Bonchev–Trinajstić information content (AvgIpc) is 2.97. The molecule has 1 aliphatic rings. The molecule has 1 fully saturated rings. The first-order valence-electron chi connectivity index (χ1n) is 4.97. The summed E-state index contributed by atoms with van der Waals surface area (Å²) >= 11 is 0. The third-order valence-electron chi connectivity index (χ3n) is 2.37. The van der Waals surface area contributed by atoms with Crippen molar-refractivity contribution in [3.05, 3.63) is 29.6 Å². The Labute approximate surface area is 115 Å². The number of nitrogens with zero attached hydrogens (tertiary/aromatic N) is 1. The third kappa shape index (κ3) is 3.97. The standard InChI is InChI=1S/C11H14N2O.U.H2/c1-8-3-2-4-10(13-8)11(14)12-7-9-5-6-9;;/h2-4,9H,5-7H2,1H3,(H,12,14);;1H. The molecule has 1 aromatic heterocycles. The Morgan fingerprint density at radius 3 is 2.93 bits per heavy atom. The summed E-state index contributed by atoms with van der Waals surface area (Å²) in [6.07, 6.45) is 2.50. The first-order valence-corrected chi connectivity index (χ1v) is 4.97. The summed E-state index contributed by atoms with van der Waals surface area (Å²) in [5, 5.41) is 2.89. The maximum atomic E-state index is 11.6. The number of hydrogen-bond donors (Lipinski definition) is 1. The van der Waals surface area contributed by atoms with E-state index >= 15 is 0 Å². The number of aromatic nitrogens is 1. The molecule has 0 radical (unpaired) electrons. The van der Waals surface area contributed by atoms with Crippen molar-refractivity contribution in [2.45, 2.75) is 19.8 Å². The van der Waals surface area contributed by atoms with Crippen molar-refractivity contribution in [2.24, 2.45) is 5.92 Å². The number of carbonyl (C=O) groups is 1. The molecule has 4 heteroatoms. The van der Waals surface area contributed by atoms with Gasteiger partial charge in [-0.1, -0.05) is 6.07 Å². The molecule has 1 heterocycles. The molecule has 1 aromatic rings. The molecule has 80 valence electrons. The van der Waals surface area contributed by atoms with Crippen molar-refractivity contribution in [2.75, 3.05) is 6.54 Å². The summed E-state index contributed by atoms with van der Waals surface area (Å²) in [4.78, 5) is 15.7. The summed E-state index contributed by atoms with van der Waals surface area (Å²) < 4.78 is 0. The van der Waals surface area contributed by atoms with E-state index in [0.29, 0.717) is 11.6 Å². The van der Waals surface area contributed by atoms with E-state index in [2.05, 4.69) is 10.3 Å². The Kier molecular flexibility index (Phi) is 4.82. The quantitative estimate of drug-likeness (QED) is 0.795. The molecule has 1 amide bonds. The monoisotopic (exact) mass is 430 g/mol. The molecule has 1 aliphatic carbocycles. The number of carbonyl (C=O) groups excluding carboxylic acids is 1. The predicted octanol–water partition coefficient (Wildman–Crippen LogP) is 1.78. The van der Waals surface area contributed by atoms with Crippen molar-refractivity contribution in [1.29, 1.82) is 0 Å². The topological polar surface area (TPSA) is 42.0 Å². The molecule has 0 spiro atoms. The number of pyridine rings is 1. The minimum atomic E-state index is -0.0550. The van der Waals surface area contributed by atoms with Gasteiger partial charge in [0, 0.05) is 44.8 Å². The Hall–Kier alpha value is -0.328. The van der Waals surface area contributed by atoms with Crippen LogP contribution in [-0.2, 0) is 0 Å². The Morgan fingerprint density at radius 1 is 1.60 bits per heavy atom. The van der Waals surface area contributed by atoms with E-state index in [1.165, 1.54) is 12.8 Å². The average molecular weight is 430 g/mol. The summed E-state index contributed by atoms with van der Waals surface area (Å²) in [5.41, 5.74) is 1.40. The number of amides is 1. The van der Waals surface area contributed by atoms with E-state index in [1.807, 2.05) is 19.1 Å². The summed E-state index contributed by atoms with van der Waals surface area (Å²) in [7, 11) is 0. The van der Waals surface area contributed by atoms with E-state index in [4.69, 9.17) is 0 Å². The maximum Gasteiger partial charge on any atom is 0.269 e. The van der Waals surface area contributed by atoms with Crippen molar-refractivity contribution < 1.29 is 37.3 Å². The van der Waals surface area contributed by atoms with Gasteiger partial charge in [0.1, 0.15) is 5.69 Å². The van der Waals surface area contributed by atoms with Gasteiger partial charge in [-0.3, -0.25) is 4.79 Å². The van der Waals surface area contributed by atoms with Crippen LogP contribution >= 0.6 is 0 Å². The van der Waals surface area contributed by atoms with Crippen LogP contribution < -0.4 is 5.32 Å². The van der Waals surface area contributed by atoms with E-state index in [-0.39, 0.29) is 38.4 Å². The number of aryl methyl sites for hydroxylation is 1. The second kappa shape index (κ2) is 5.67. The van der Waals surface area contributed by atoms with Crippen LogP contribution in [0.15, 0.2) is 18.2 Å². The molecule has 15 heavy (non-hydrogen) atoms. The molecule has 0 unspecified atom stereocenters. The first kappa shape index (κ1) is 12.7. The molecule has 1 N–H and O–H groups in total. The molecular formula is C11H16N2OU. The molecule has 0 saturated heterocycles. The SMILES string of the molecule is Cc1cccc(C(=O)NCC2CC2)n1.[HH].[U]. The van der Waals surface area contributed by atoms with Crippen molar-refractivity contribution in [3.63, 3.8) is 0 Å². The zero-order chi connectivity index (χ0) is 9.97. The zero-order valence-electron chi connectivity index (χ0n) is 8.79. The number of rotatable bonds is 3. The molecule has 0 aliphatic heterocycles. The minimum Gasteiger partial charge on any atom is -0.350 e. The normalized spacial score (nSPS) is 14.2. The van der Waals surface area contributed by atoms with E-state index < -0.39 is 0 Å². The molecule has 2 rings (SSSR count). The number of hydrogen-bond acceptors (Lipinski definition) is 2. The van der Waals surface area contributed by atoms with Gasteiger partial charge >= 0.3 is 0 Å². The van der Waals surface area contributed by atoms with Gasteiger partial charge < -0.3 is 5.32 Å². The van der Waals surface area contributed by atoms with E-state index in [0.717, 1.165) is 12.2 Å². The largest absolute Gasteiger partial charge is 0.350 e. The summed E-state index contributed by atoms with van der Waals surface area (Å²) in [6.45, 7) is 2.69. The second-order valence-electron chi connectivity index (χ2n) is 3.82. The summed E-state index contributed by atoms with van der Waals surface area (Å²) in [5.74, 6) is 0.657. The number of nitrogens with one attached hydrogen (secondary N) is 1. The summed E-state index contributed by atoms with van der Waals surface area (Å²) in [6, 6.07) is 5.49. The molecule has 3 nitrogen and oxygen atoms in total. The van der Waals surface area contributed by atoms with Crippen LogP contribution in [-0.4, -0.2) is 17.4 Å². The molecule has 0 atom stereocenters. The van der Waals surface area contributed by atoms with E-state index in [1.54, 1.807) is 6.07 Å². The van der Waals surface area contributed by atoms with Crippen LogP contribution in [0.3, 0.4) is 0 Å². The van der Waals surface area contributed by atoms with Crippen LogP contribution in [0, 0.1) is 44.0 Å². The fourth-order valence-corrected chi connectivity index (χ4v) is 1.32. The molecule has 0 bridgehead atoms. The smallest absolute Gasteiger partial charge is 0.269 e. The van der Waals surface area contributed by atoms with Crippen LogP contribution in [0.1, 0.15) is 30.5 Å². The third-order valence-corrected chi connectivity index (χ3v) is 2.37. The van der Waals surface area contributed by atoms with Gasteiger partial charge in [-0.15, -0.1) is 0 Å². The Morgan fingerprint density at radius 2 is 2.33 bits per heavy atom. The van der Waals surface area contributed by atoms with E-state index in [9.17, 15) is 4.79 Å². The fraction of sp³-hybridized carbons (Fsp3) is 0.455. The minimum absolute atomic E-state index is 0. The van der Waals surface area contributed by atoms with Crippen molar-refractivity contribution >= 4 is 5.91 Å². The van der Waals surface area contributed by atoms with Crippen LogP contribution in [0.2, 0.25) is 0 Å². The molecule has 0 aromatic carbocycles. The Balaban J connectivity index is 0.00000112. The molecule has 1 saturated carbocycles. The van der Waals surface area contributed by atoms with Crippen molar-refractivity contribution in [3.8, 4) is 0 Å². The van der Waals surface area contributed by atoms with Gasteiger partial charge in [0.25, 0.3) is 5.91 Å². The van der Waals surface area contributed by atoms with Gasteiger partial charge in [0.2, 0.25) is 0 Å². The van der Waals surface area contributed by atoms with Gasteiger partial charge in [-0.2, -0.15) is 0 Å². The van der Waals surface area contributed by atoms with Crippen LogP contribution in [0.5, 0.6) is 0 Å². The second-order valence-corrected chi connectivity index (χ2v) is 3.82. The predicted molar refractivity (Wildman–Crippen MR) is 56.1 cm³/mol. The zero-order valence-corrected chi connectivity index (χ0v) is 12.9. The van der Waals surface area contributed by atoms with Crippen LogP contribution in [0.4, 0.5) is 0 Å². The van der Waals surface area contributed by atoms with Gasteiger partial charge in [-0.05, 0) is 37.8 Å².